The van der Waals surface area contributed by atoms with Gasteiger partial charge in [0.25, 0.3) is 11.8 Å². The van der Waals surface area contributed by atoms with Crippen LogP contribution in [0.3, 0.4) is 0 Å². The molecular weight excluding hydrogens is 402 g/mol. The number of nitrogens with one attached hydrogen (secondary N) is 2. The summed E-state index contributed by atoms with van der Waals surface area (Å²) < 4.78 is 5.49. The van der Waals surface area contributed by atoms with Gasteiger partial charge < -0.3 is 20.3 Å². The molecule has 0 aliphatic carbocycles. The fraction of sp³-hybridized carbons (Fsp3) is 0.308. The van der Waals surface area contributed by atoms with Crippen LogP contribution in [0, 0.1) is 5.92 Å². The third-order valence-electron chi connectivity index (χ3n) is 6.73. The van der Waals surface area contributed by atoms with Crippen LogP contribution in [-0.4, -0.2) is 49.5 Å². The highest BCUT2D eigenvalue weighted by atomic mass is 16.5. The second kappa shape index (κ2) is 8.63. The molecular formula is C26H27N3O3. The van der Waals surface area contributed by atoms with Gasteiger partial charge in [-0.2, -0.15) is 0 Å². The third kappa shape index (κ3) is 3.82. The Bertz CT molecular complexity index is 1160. The zero-order chi connectivity index (χ0) is 22.1. The quantitative estimate of drug-likeness (QED) is 0.645. The number of hydrogen-bond acceptors (Lipinski definition) is 4. The van der Waals surface area contributed by atoms with E-state index in [1.165, 1.54) is 7.11 Å². The number of carbonyl (C=O) groups excluding carboxylic acids is 2. The lowest BCUT2D eigenvalue weighted by molar-refractivity contribution is 0.0619. The van der Waals surface area contributed by atoms with Gasteiger partial charge in [0.2, 0.25) is 0 Å². The lowest BCUT2D eigenvalue weighted by Crippen LogP contribution is -2.57. The second-order valence-electron chi connectivity index (χ2n) is 8.58. The summed E-state index contributed by atoms with van der Waals surface area (Å²) >= 11 is 0. The highest BCUT2D eigenvalue weighted by Crippen LogP contribution is 2.31. The van der Waals surface area contributed by atoms with Gasteiger partial charge in [-0.15, -0.1) is 0 Å². The molecule has 6 nitrogen and oxygen atoms in total. The molecule has 3 aromatic rings. The van der Waals surface area contributed by atoms with E-state index < -0.39 is 0 Å². The van der Waals surface area contributed by atoms with Crippen LogP contribution in [0.5, 0.6) is 5.75 Å². The summed E-state index contributed by atoms with van der Waals surface area (Å²) in [6.45, 7) is 3.10. The van der Waals surface area contributed by atoms with Gasteiger partial charge in [0.1, 0.15) is 11.3 Å². The molecule has 3 fully saturated rings. The minimum absolute atomic E-state index is 0.122. The topological polar surface area (TPSA) is 70.7 Å². The van der Waals surface area contributed by atoms with Crippen LogP contribution in [0.1, 0.15) is 33.6 Å². The van der Waals surface area contributed by atoms with Crippen molar-refractivity contribution in [3.63, 3.8) is 0 Å². The minimum atomic E-state index is -0.257. The zero-order valence-corrected chi connectivity index (χ0v) is 18.1. The predicted octanol–water partition coefficient (Wildman–Crippen LogP) is 3.92. The Morgan fingerprint density at radius 1 is 0.938 bits per heavy atom. The Kier molecular flexibility index (Phi) is 5.53. The Hall–Kier alpha value is -3.38. The number of piperidine rings is 3. The van der Waals surface area contributed by atoms with Crippen LogP contribution in [-0.2, 0) is 0 Å². The summed E-state index contributed by atoms with van der Waals surface area (Å²) in [4.78, 5) is 29.0. The molecule has 1 unspecified atom stereocenters. The number of hydrogen-bond donors (Lipinski definition) is 2. The molecule has 2 N–H and O–H groups in total. The van der Waals surface area contributed by atoms with E-state index in [4.69, 9.17) is 4.74 Å². The van der Waals surface area contributed by atoms with Crippen molar-refractivity contribution in [2.24, 2.45) is 5.92 Å². The molecule has 3 aromatic carbocycles. The molecule has 2 bridgehead atoms. The van der Waals surface area contributed by atoms with E-state index in [2.05, 4.69) is 15.5 Å². The van der Waals surface area contributed by atoms with Gasteiger partial charge in [0.15, 0.2) is 0 Å². The molecule has 3 heterocycles. The molecule has 6 heteroatoms. The van der Waals surface area contributed by atoms with Gasteiger partial charge in [0.05, 0.1) is 12.8 Å². The zero-order valence-electron chi connectivity index (χ0n) is 18.1. The molecule has 32 heavy (non-hydrogen) atoms. The first-order valence-electron chi connectivity index (χ1n) is 11.1. The lowest BCUT2D eigenvalue weighted by atomic mass is 9.84. The molecule has 0 saturated carbocycles. The number of anilines is 1. The summed E-state index contributed by atoms with van der Waals surface area (Å²) in [5, 5.41) is 8.03. The monoisotopic (exact) mass is 429 g/mol. The molecule has 6 rings (SSSR count). The highest BCUT2D eigenvalue weighted by Gasteiger charge is 2.35. The van der Waals surface area contributed by atoms with E-state index in [9.17, 15) is 9.59 Å². The van der Waals surface area contributed by atoms with Crippen LogP contribution in [0.4, 0.5) is 5.69 Å². The number of amides is 2. The minimum Gasteiger partial charge on any atom is -0.496 e. The number of methoxy groups -OCH3 is 1. The normalized spacial score (nSPS) is 21.8. The predicted molar refractivity (Wildman–Crippen MR) is 125 cm³/mol. The van der Waals surface area contributed by atoms with Gasteiger partial charge in [-0.3, -0.25) is 9.59 Å². The molecule has 0 spiro atoms. The lowest BCUT2D eigenvalue weighted by Gasteiger charge is -2.45. The summed E-state index contributed by atoms with van der Waals surface area (Å²) in [5.41, 5.74) is 1.37. The molecule has 1 atom stereocenters. The number of carbonyl (C=O) groups is 2. The first kappa shape index (κ1) is 20.5. The Morgan fingerprint density at radius 3 is 2.44 bits per heavy atom. The van der Waals surface area contributed by atoms with Gasteiger partial charge in [-0.05, 0) is 60.8 Å². The van der Waals surface area contributed by atoms with Crippen molar-refractivity contribution < 1.29 is 14.3 Å². The maximum atomic E-state index is 13.4. The van der Waals surface area contributed by atoms with Crippen LogP contribution < -0.4 is 15.4 Å². The Morgan fingerprint density at radius 2 is 1.69 bits per heavy atom. The van der Waals surface area contributed by atoms with Crippen molar-refractivity contribution in [2.45, 2.75) is 18.9 Å². The molecule has 0 aromatic heterocycles. The van der Waals surface area contributed by atoms with Crippen LogP contribution >= 0.6 is 0 Å². The Labute approximate surface area is 187 Å². The number of ether oxygens (including phenoxy) is 1. The average molecular weight is 430 g/mol. The van der Waals surface area contributed by atoms with Crippen molar-refractivity contribution in [1.82, 2.24) is 10.2 Å². The number of fused-ring (bicyclic) bond motifs is 4. The van der Waals surface area contributed by atoms with Gasteiger partial charge >= 0.3 is 0 Å². The number of rotatable bonds is 5. The van der Waals surface area contributed by atoms with E-state index in [0.717, 1.165) is 43.2 Å². The first-order valence-corrected chi connectivity index (χ1v) is 11.1. The van der Waals surface area contributed by atoms with Crippen LogP contribution in [0.25, 0.3) is 10.8 Å². The van der Waals surface area contributed by atoms with Crippen LogP contribution in [0.2, 0.25) is 0 Å². The molecule has 164 valence electrons. The first-order chi connectivity index (χ1) is 15.6. The van der Waals surface area contributed by atoms with E-state index in [1.807, 2.05) is 36.4 Å². The van der Waals surface area contributed by atoms with E-state index in [0.29, 0.717) is 28.5 Å². The fourth-order valence-electron chi connectivity index (χ4n) is 5.02. The standard InChI is InChI=1S/C26H27N3O3/c1-32-23-11-5-10-21(24(23)26(31)28-22-16-29-14-12-18(22)13-15-29)27-25(30)20-9-4-7-17-6-2-3-8-19(17)20/h2-11,18,22H,12-16H2,1H3,(H,27,30)(H,28,31). The van der Waals surface area contributed by atoms with E-state index in [-0.39, 0.29) is 17.9 Å². The van der Waals surface area contributed by atoms with Crippen LogP contribution in [0.15, 0.2) is 60.7 Å². The molecule has 3 aliphatic heterocycles. The van der Waals surface area contributed by atoms with Gasteiger partial charge in [0, 0.05) is 18.2 Å². The highest BCUT2D eigenvalue weighted by molar-refractivity contribution is 6.15. The van der Waals surface area contributed by atoms with E-state index in [1.54, 1.807) is 24.3 Å². The molecule has 0 radical (unpaired) electrons. The summed E-state index contributed by atoms with van der Waals surface area (Å²) in [7, 11) is 1.54. The van der Waals surface area contributed by atoms with Crippen molar-refractivity contribution in [1.29, 1.82) is 0 Å². The van der Waals surface area contributed by atoms with Crippen molar-refractivity contribution in [3.8, 4) is 5.75 Å². The largest absolute Gasteiger partial charge is 0.496 e. The molecule has 3 saturated heterocycles. The van der Waals surface area contributed by atoms with Crippen molar-refractivity contribution in [2.75, 3.05) is 32.1 Å². The summed E-state index contributed by atoms with van der Waals surface area (Å²) in [6.07, 6.45) is 2.23. The third-order valence-corrected chi connectivity index (χ3v) is 6.73. The van der Waals surface area contributed by atoms with Gasteiger partial charge in [-0.1, -0.05) is 42.5 Å². The maximum Gasteiger partial charge on any atom is 0.257 e. The molecule has 3 aliphatic rings. The number of nitrogens with zero attached hydrogens (tertiary/aromatic N) is 1. The average Bonchev–Trinajstić information content (AvgIpc) is 2.84. The van der Waals surface area contributed by atoms with Gasteiger partial charge in [-0.25, -0.2) is 0 Å². The van der Waals surface area contributed by atoms with E-state index >= 15 is 0 Å². The summed E-state index contributed by atoms with van der Waals surface area (Å²) in [5.74, 6) is 0.480. The SMILES string of the molecule is COc1cccc(NC(=O)c2cccc3ccccc23)c1C(=O)NC1CN2CCC1CC2. The number of benzene rings is 3. The van der Waals surface area contributed by atoms with Crippen molar-refractivity contribution in [3.05, 3.63) is 71.8 Å². The second-order valence-corrected chi connectivity index (χ2v) is 8.58. The maximum absolute atomic E-state index is 13.4. The Balaban J connectivity index is 1.43. The smallest absolute Gasteiger partial charge is 0.257 e. The summed E-state index contributed by atoms with van der Waals surface area (Å²) in [6, 6.07) is 18.8. The molecule has 2 amide bonds. The van der Waals surface area contributed by atoms with Crippen molar-refractivity contribution >= 4 is 28.3 Å². The fourth-order valence-corrected chi connectivity index (χ4v) is 5.02.